The number of para-hydroxylation sites is 1. The van der Waals surface area contributed by atoms with Crippen molar-refractivity contribution in [3.8, 4) is 0 Å². The largest absolute Gasteiger partial charge is 0.349 e. The van der Waals surface area contributed by atoms with Gasteiger partial charge in [-0.3, -0.25) is 9.69 Å². The van der Waals surface area contributed by atoms with Gasteiger partial charge in [0.2, 0.25) is 0 Å². The number of nitrogens with zero attached hydrogens (tertiary/aromatic N) is 1. The second kappa shape index (κ2) is 7.97. The lowest BCUT2D eigenvalue weighted by Gasteiger charge is -2.27. The molecule has 0 atom stereocenters. The molecule has 1 saturated heterocycles. The maximum Gasteiger partial charge on any atom is 0.273 e. The van der Waals surface area contributed by atoms with E-state index in [2.05, 4.69) is 28.2 Å². The standard InChI is InChI=1S/C21H22ClN3OS/c1-14-15(13-25-9-11-27-12-10-25)5-4-8-17(14)24-21(26)20-19(22)16-6-2-3-7-18(16)23-20/h2-8,23H,9-13H2,1H3,(H,24,26). The number of carbonyl (C=O) groups excluding carboxylic acids is 1. The minimum Gasteiger partial charge on any atom is -0.349 e. The average molecular weight is 400 g/mol. The molecule has 1 aliphatic rings. The van der Waals surface area contributed by atoms with E-state index < -0.39 is 0 Å². The molecule has 6 heteroatoms. The zero-order valence-corrected chi connectivity index (χ0v) is 16.8. The van der Waals surface area contributed by atoms with Gasteiger partial charge in [0.25, 0.3) is 5.91 Å². The molecule has 27 heavy (non-hydrogen) atoms. The highest BCUT2D eigenvalue weighted by Gasteiger charge is 2.18. The third kappa shape index (κ3) is 3.86. The molecule has 0 bridgehead atoms. The van der Waals surface area contributed by atoms with Gasteiger partial charge in [0.1, 0.15) is 5.69 Å². The van der Waals surface area contributed by atoms with Crippen LogP contribution in [0.2, 0.25) is 5.02 Å². The molecule has 3 aromatic rings. The van der Waals surface area contributed by atoms with Gasteiger partial charge in [-0.1, -0.05) is 41.9 Å². The number of aromatic nitrogens is 1. The molecule has 1 fully saturated rings. The number of thioether (sulfide) groups is 1. The molecule has 0 unspecified atom stereocenters. The molecule has 2 N–H and O–H groups in total. The summed E-state index contributed by atoms with van der Waals surface area (Å²) >= 11 is 8.43. The first-order valence-electron chi connectivity index (χ1n) is 9.09. The predicted molar refractivity (Wildman–Crippen MR) is 115 cm³/mol. The van der Waals surface area contributed by atoms with E-state index in [1.807, 2.05) is 48.2 Å². The Morgan fingerprint density at radius 3 is 2.74 bits per heavy atom. The molecular weight excluding hydrogens is 378 g/mol. The maximum absolute atomic E-state index is 12.8. The highest BCUT2D eigenvalue weighted by molar-refractivity contribution is 7.99. The Morgan fingerprint density at radius 1 is 1.19 bits per heavy atom. The Balaban J connectivity index is 1.55. The van der Waals surface area contributed by atoms with Crippen molar-refractivity contribution in [3.05, 3.63) is 64.3 Å². The molecular formula is C21H22ClN3OS. The molecule has 2 aromatic carbocycles. The average Bonchev–Trinajstić information content (AvgIpc) is 3.03. The summed E-state index contributed by atoms with van der Waals surface area (Å²) in [7, 11) is 0. The minimum absolute atomic E-state index is 0.217. The van der Waals surface area contributed by atoms with Crippen molar-refractivity contribution in [1.29, 1.82) is 0 Å². The first-order valence-corrected chi connectivity index (χ1v) is 10.6. The number of rotatable bonds is 4. The number of hydrogen-bond acceptors (Lipinski definition) is 3. The molecule has 1 aromatic heterocycles. The zero-order valence-electron chi connectivity index (χ0n) is 15.2. The lowest BCUT2D eigenvalue weighted by molar-refractivity contribution is 0.102. The fourth-order valence-electron chi connectivity index (χ4n) is 3.44. The SMILES string of the molecule is Cc1c(CN2CCSCC2)cccc1NC(=O)c1[nH]c2ccccc2c1Cl. The summed E-state index contributed by atoms with van der Waals surface area (Å²) in [6.45, 7) is 5.22. The lowest BCUT2D eigenvalue weighted by atomic mass is 10.1. The Morgan fingerprint density at radius 2 is 1.96 bits per heavy atom. The normalized spacial score (nSPS) is 15.2. The summed E-state index contributed by atoms with van der Waals surface area (Å²) in [5.74, 6) is 2.16. The summed E-state index contributed by atoms with van der Waals surface area (Å²) in [4.78, 5) is 18.4. The van der Waals surface area contributed by atoms with Crippen LogP contribution in [0.1, 0.15) is 21.6 Å². The molecule has 1 amide bonds. The van der Waals surface area contributed by atoms with Crippen LogP contribution < -0.4 is 5.32 Å². The number of carbonyl (C=O) groups is 1. The minimum atomic E-state index is -0.217. The van der Waals surface area contributed by atoms with Gasteiger partial charge in [-0.05, 0) is 30.2 Å². The summed E-state index contributed by atoms with van der Waals surface area (Å²) in [5, 5.41) is 4.35. The van der Waals surface area contributed by atoms with E-state index in [1.165, 1.54) is 17.1 Å². The van der Waals surface area contributed by atoms with Crippen molar-refractivity contribution in [2.75, 3.05) is 29.9 Å². The van der Waals surface area contributed by atoms with Gasteiger partial charge in [-0.25, -0.2) is 0 Å². The van der Waals surface area contributed by atoms with Crippen molar-refractivity contribution in [2.24, 2.45) is 0 Å². The number of hydrogen-bond donors (Lipinski definition) is 2. The van der Waals surface area contributed by atoms with Crippen molar-refractivity contribution in [2.45, 2.75) is 13.5 Å². The van der Waals surface area contributed by atoms with Gasteiger partial charge in [0.05, 0.1) is 5.02 Å². The van der Waals surface area contributed by atoms with Crippen LogP contribution >= 0.6 is 23.4 Å². The summed E-state index contributed by atoms with van der Waals surface area (Å²) in [5.41, 5.74) is 4.45. The van der Waals surface area contributed by atoms with Crippen LogP contribution in [-0.2, 0) is 6.54 Å². The number of amides is 1. The number of H-pyrrole nitrogens is 1. The van der Waals surface area contributed by atoms with Gasteiger partial charge in [0, 0.05) is 47.7 Å². The van der Waals surface area contributed by atoms with E-state index >= 15 is 0 Å². The molecule has 0 saturated carbocycles. The second-order valence-corrected chi connectivity index (χ2v) is 8.39. The Labute approximate surface area is 168 Å². The van der Waals surface area contributed by atoms with E-state index in [9.17, 15) is 4.79 Å². The smallest absolute Gasteiger partial charge is 0.273 e. The first kappa shape index (κ1) is 18.4. The fraction of sp³-hybridized carbons (Fsp3) is 0.286. The van der Waals surface area contributed by atoms with Gasteiger partial charge in [-0.2, -0.15) is 11.8 Å². The summed E-state index contributed by atoms with van der Waals surface area (Å²) < 4.78 is 0. The van der Waals surface area contributed by atoms with Crippen LogP contribution in [0.5, 0.6) is 0 Å². The van der Waals surface area contributed by atoms with Crippen LogP contribution in [0.25, 0.3) is 10.9 Å². The molecule has 0 radical (unpaired) electrons. The predicted octanol–water partition coefficient (Wildman–Crippen LogP) is 4.93. The number of benzene rings is 2. The van der Waals surface area contributed by atoms with Crippen LogP contribution in [0, 0.1) is 6.92 Å². The molecule has 4 rings (SSSR count). The molecule has 0 spiro atoms. The van der Waals surface area contributed by atoms with E-state index in [0.717, 1.165) is 41.8 Å². The van der Waals surface area contributed by atoms with Crippen LogP contribution in [0.15, 0.2) is 42.5 Å². The van der Waals surface area contributed by atoms with E-state index in [0.29, 0.717) is 10.7 Å². The van der Waals surface area contributed by atoms with Crippen molar-refractivity contribution < 1.29 is 4.79 Å². The molecule has 0 aliphatic carbocycles. The molecule has 140 valence electrons. The van der Waals surface area contributed by atoms with Crippen molar-refractivity contribution >= 4 is 45.9 Å². The molecule has 4 nitrogen and oxygen atoms in total. The Kier molecular flexibility index (Phi) is 5.43. The van der Waals surface area contributed by atoms with Crippen LogP contribution in [-0.4, -0.2) is 40.4 Å². The molecule has 2 heterocycles. The van der Waals surface area contributed by atoms with Crippen molar-refractivity contribution in [1.82, 2.24) is 9.88 Å². The Hall–Kier alpha value is -1.95. The van der Waals surface area contributed by atoms with E-state index in [1.54, 1.807) is 0 Å². The molecule has 1 aliphatic heterocycles. The summed E-state index contributed by atoms with van der Waals surface area (Å²) in [6, 6.07) is 13.7. The number of aromatic amines is 1. The third-order valence-corrected chi connectivity index (χ3v) is 6.40. The fourth-order valence-corrected chi connectivity index (χ4v) is 4.72. The first-order chi connectivity index (χ1) is 13.1. The summed E-state index contributed by atoms with van der Waals surface area (Å²) in [6.07, 6.45) is 0. The maximum atomic E-state index is 12.8. The zero-order chi connectivity index (χ0) is 18.8. The van der Waals surface area contributed by atoms with E-state index in [-0.39, 0.29) is 5.91 Å². The topological polar surface area (TPSA) is 48.1 Å². The highest BCUT2D eigenvalue weighted by Crippen LogP contribution is 2.28. The Bertz CT molecular complexity index is 979. The van der Waals surface area contributed by atoms with Gasteiger partial charge >= 0.3 is 0 Å². The van der Waals surface area contributed by atoms with E-state index in [4.69, 9.17) is 11.6 Å². The van der Waals surface area contributed by atoms with Crippen LogP contribution in [0.4, 0.5) is 5.69 Å². The van der Waals surface area contributed by atoms with Gasteiger partial charge in [-0.15, -0.1) is 0 Å². The number of anilines is 1. The lowest BCUT2D eigenvalue weighted by Crippen LogP contribution is -2.32. The quantitative estimate of drug-likeness (QED) is 0.653. The number of fused-ring (bicyclic) bond motifs is 1. The van der Waals surface area contributed by atoms with Gasteiger partial charge in [0.15, 0.2) is 0 Å². The van der Waals surface area contributed by atoms with Gasteiger partial charge < -0.3 is 10.3 Å². The highest BCUT2D eigenvalue weighted by atomic mass is 35.5. The van der Waals surface area contributed by atoms with Crippen LogP contribution in [0.3, 0.4) is 0 Å². The number of halogens is 1. The number of nitrogens with one attached hydrogen (secondary N) is 2. The monoisotopic (exact) mass is 399 g/mol. The van der Waals surface area contributed by atoms with Crippen molar-refractivity contribution in [3.63, 3.8) is 0 Å². The third-order valence-electron chi connectivity index (χ3n) is 5.06. The second-order valence-electron chi connectivity index (χ2n) is 6.79.